The van der Waals surface area contributed by atoms with Crippen LogP contribution >= 0.6 is 0 Å². The Morgan fingerprint density at radius 2 is 1.88 bits per heavy atom. The molecular weight excluding hydrogens is 324 g/mol. The number of carbonyl (C=O) groups is 1. The third-order valence-electron chi connectivity index (χ3n) is 5.16. The second-order valence-corrected chi connectivity index (χ2v) is 7.10. The van der Waals surface area contributed by atoms with Crippen molar-refractivity contribution >= 4 is 12.0 Å². The van der Waals surface area contributed by atoms with Gasteiger partial charge in [0.1, 0.15) is 6.29 Å². The highest BCUT2D eigenvalue weighted by Crippen LogP contribution is 2.27. The van der Waals surface area contributed by atoms with E-state index in [1.54, 1.807) is 6.07 Å². The number of benzene rings is 1. The topological polar surface area (TPSA) is 49.6 Å². The lowest BCUT2D eigenvalue weighted by molar-refractivity contribution is -0.113. The number of rotatable bonds is 4. The Labute approximate surface area is 149 Å². The fourth-order valence-electron chi connectivity index (χ4n) is 2.94. The van der Waals surface area contributed by atoms with Crippen LogP contribution < -0.4 is 5.73 Å². The van der Waals surface area contributed by atoms with E-state index in [0.717, 1.165) is 56.4 Å². The van der Waals surface area contributed by atoms with Crippen molar-refractivity contribution in [3.8, 4) is 0 Å². The summed E-state index contributed by atoms with van der Waals surface area (Å²) in [6.45, 7) is 6.57. The number of aldehydes is 1. The van der Waals surface area contributed by atoms with Crippen LogP contribution in [0.5, 0.6) is 0 Å². The zero-order chi connectivity index (χ0) is 18.4. The largest absolute Gasteiger partial charge is 0.398 e. The average Bonchev–Trinajstić information content (AvgIpc) is 2.53. The molecule has 1 saturated carbocycles. The van der Waals surface area contributed by atoms with Crippen LogP contribution in [0.25, 0.3) is 0 Å². The van der Waals surface area contributed by atoms with Crippen LogP contribution in [0.3, 0.4) is 0 Å². The predicted molar refractivity (Wildman–Crippen MR) is 96.7 cm³/mol. The standard InChI is InChI=1S/C14H21F2N3.C5H8O/c1-10-12(7-11(14(15)16)8-13(10)17)9-19-5-3-18(2)4-6-19;6-4-5-2-1-3-5/h7-8,14H,3-6,9,17H2,1-2H3;4-5H,1-3H2. The first-order valence-corrected chi connectivity index (χ1v) is 8.94. The number of hydrogen-bond donors (Lipinski definition) is 1. The van der Waals surface area contributed by atoms with Gasteiger partial charge in [-0.2, -0.15) is 0 Å². The van der Waals surface area contributed by atoms with E-state index in [4.69, 9.17) is 5.73 Å². The Morgan fingerprint density at radius 1 is 1.24 bits per heavy atom. The second-order valence-electron chi connectivity index (χ2n) is 7.10. The number of alkyl halides is 2. The van der Waals surface area contributed by atoms with E-state index in [-0.39, 0.29) is 5.56 Å². The molecule has 0 atom stereocenters. The molecule has 2 aliphatic rings. The molecule has 25 heavy (non-hydrogen) atoms. The molecule has 0 bridgehead atoms. The van der Waals surface area contributed by atoms with Crippen molar-refractivity contribution in [1.82, 2.24) is 9.80 Å². The van der Waals surface area contributed by atoms with Gasteiger partial charge in [-0.15, -0.1) is 0 Å². The predicted octanol–water partition coefficient (Wildman–Crippen LogP) is 3.25. The molecule has 1 heterocycles. The van der Waals surface area contributed by atoms with Crippen molar-refractivity contribution in [2.24, 2.45) is 5.92 Å². The number of halogens is 2. The SMILES string of the molecule is Cc1c(N)cc(C(F)F)cc1CN1CCN(C)CC1.O=CC1CCC1. The second kappa shape index (κ2) is 9.25. The molecule has 0 aromatic heterocycles. The highest BCUT2D eigenvalue weighted by atomic mass is 19.3. The molecule has 4 nitrogen and oxygen atoms in total. The van der Waals surface area contributed by atoms with Crippen molar-refractivity contribution in [3.63, 3.8) is 0 Å². The van der Waals surface area contributed by atoms with Crippen LogP contribution in [-0.2, 0) is 11.3 Å². The van der Waals surface area contributed by atoms with Crippen LogP contribution in [0, 0.1) is 12.8 Å². The molecule has 6 heteroatoms. The Hall–Kier alpha value is -1.53. The number of carbonyl (C=O) groups excluding carboxylic acids is 1. The summed E-state index contributed by atoms with van der Waals surface area (Å²) < 4.78 is 25.6. The Kier molecular flexibility index (Phi) is 7.32. The van der Waals surface area contributed by atoms with Gasteiger partial charge >= 0.3 is 0 Å². The zero-order valence-electron chi connectivity index (χ0n) is 15.2. The zero-order valence-corrected chi connectivity index (χ0v) is 15.2. The highest BCUT2D eigenvalue weighted by Gasteiger charge is 2.17. The number of hydrogen-bond acceptors (Lipinski definition) is 4. The molecule has 2 N–H and O–H groups in total. The van der Waals surface area contributed by atoms with Gasteiger partial charge in [-0.25, -0.2) is 8.78 Å². The summed E-state index contributed by atoms with van der Waals surface area (Å²) in [6, 6.07) is 2.97. The molecule has 0 radical (unpaired) electrons. The molecule has 0 unspecified atom stereocenters. The van der Waals surface area contributed by atoms with E-state index in [1.807, 2.05) is 6.92 Å². The van der Waals surface area contributed by atoms with Gasteiger partial charge in [0.25, 0.3) is 6.43 Å². The third-order valence-corrected chi connectivity index (χ3v) is 5.16. The number of likely N-dealkylation sites (N-methyl/N-ethyl adjacent to an activating group) is 1. The summed E-state index contributed by atoms with van der Waals surface area (Å²) in [7, 11) is 2.10. The Bertz CT molecular complexity index is 568. The lowest BCUT2D eigenvalue weighted by Gasteiger charge is -2.32. The quantitative estimate of drug-likeness (QED) is 0.667. The molecular formula is C19H29F2N3O. The van der Waals surface area contributed by atoms with Crippen LogP contribution in [0.1, 0.15) is 42.4 Å². The molecule has 1 aliphatic heterocycles. The smallest absolute Gasteiger partial charge is 0.263 e. The van der Waals surface area contributed by atoms with Gasteiger partial charge in [0.15, 0.2) is 0 Å². The summed E-state index contributed by atoms with van der Waals surface area (Å²) >= 11 is 0. The number of nitrogens with zero attached hydrogens (tertiary/aromatic N) is 2. The van der Waals surface area contributed by atoms with Crippen molar-refractivity contribution in [2.75, 3.05) is 39.0 Å². The van der Waals surface area contributed by atoms with E-state index in [1.165, 1.54) is 12.5 Å². The first-order chi connectivity index (χ1) is 11.9. The minimum atomic E-state index is -2.46. The maximum absolute atomic E-state index is 12.8. The fourth-order valence-corrected chi connectivity index (χ4v) is 2.94. The van der Waals surface area contributed by atoms with Crippen LogP contribution in [0.15, 0.2) is 12.1 Å². The number of nitrogen functional groups attached to an aromatic ring is 1. The number of nitrogens with two attached hydrogens (primary N) is 1. The van der Waals surface area contributed by atoms with Gasteiger partial charge in [0, 0.05) is 49.9 Å². The summed E-state index contributed by atoms with van der Waals surface area (Å²) in [5.74, 6) is 0.435. The fraction of sp³-hybridized carbons (Fsp3) is 0.632. The van der Waals surface area contributed by atoms with Crippen LogP contribution in [-0.4, -0.2) is 49.3 Å². The Balaban J connectivity index is 0.000000316. The molecule has 1 saturated heterocycles. The van der Waals surface area contributed by atoms with Gasteiger partial charge in [0.2, 0.25) is 0 Å². The maximum Gasteiger partial charge on any atom is 0.263 e. The summed E-state index contributed by atoms with van der Waals surface area (Å²) in [5.41, 5.74) is 8.14. The monoisotopic (exact) mass is 353 g/mol. The van der Waals surface area contributed by atoms with Gasteiger partial charge in [-0.05, 0) is 50.1 Å². The van der Waals surface area contributed by atoms with E-state index in [9.17, 15) is 13.6 Å². The first kappa shape index (κ1) is 19.8. The minimum Gasteiger partial charge on any atom is -0.398 e. The lowest BCUT2D eigenvalue weighted by atomic mass is 9.87. The average molecular weight is 353 g/mol. The van der Waals surface area contributed by atoms with Crippen molar-refractivity contribution < 1.29 is 13.6 Å². The molecule has 0 amide bonds. The van der Waals surface area contributed by atoms with Crippen molar-refractivity contribution in [1.29, 1.82) is 0 Å². The molecule has 1 aromatic rings. The lowest BCUT2D eigenvalue weighted by Crippen LogP contribution is -2.44. The van der Waals surface area contributed by atoms with Crippen molar-refractivity contribution in [2.45, 2.75) is 39.2 Å². The van der Waals surface area contributed by atoms with Gasteiger partial charge < -0.3 is 15.4 Å². The van der Waals surface area contributed by atoms with E-state index < -0.39 is 6.43 Å². The molecule has 1 aliphatic carbocycles. The summed E-state index contributed by atoms with van der Waals surface area (Å²) in [6.07, 6.45) is 2.15. The summed E-state index contributed by atoms with van der Waals surface area (Å²) in [4.78, 5) is 14.3. The first-order valence-electron chi connectivity index (χ1n) is 8.94. The van der Waals surface area contributed by atoms with Crippen LogP contribution in [0.4, 0.5) is 14.5 Å². The Morgan fingerprint density at radius 3 is 2.32 bits per heavy atom. The molecule has 3 rings (SSSR count). The van der Waals surface area contributed by atoms with Gasteiger partial charge in [-0.3, -0.25) is 4.90 Å². The molecule has 140 valence electrons. The normalized spacial score (nSPS) is 19.2. The van der Waals surface area contributed by atoms with E-state index in [0.29, 0.717) is 18.2 Å². The van der Waals surface area contributed by atoms with E-state index in [2.05, 4.69) is 16.8 Å². The molecule has 2 fully saturated rings. The minimum absolute atomic E-state index is 0.0206. The van der Waals surface area contributed by atoms with Gasteiger partial charge in [-0.1, -0.05) is 6.42 Å². The van der Waals surface area contributed by atoms with Crippen molar-refractivity contribution in [3.05, 3.63) is 28.8 Å². The third kappa shape index (κ3) is 5.75. The molecule has 1 aromatic carbocycles. The van der Waals surface area contributed by atoms with E-state index >= 15 is 0 Å². The number of anilines is 1. The molecule has 0 spiro atoms. The summed E-state index contributed by atoms with van der Waals surface area (Å²) in [5, 5.41) is 0. The number of piperazine rings is 1. The highest BCUT2D eigenvalue weighted by molar-refractivity contribution is 5.54. The maximum atomic E-state index is 12.8. The van der Waals surface area contributed by atoms with Crippen LogP contribution in [0.2, 0.25) is 0 Å². The van der Waals surface area contributed by atoms with Gasteiger partial charge in [0.05, 0.1) is 0 Å².